The van der Waals surface area contributed by atoms with E-state index >= 15 is 0 Å². The summed E-state index contributed by atoms with van der Waals surface area (Å²) in [6.07, 6.45) is 0. The van der Waals surface area contributed by atoms with Crippen LogP contribution in [0.5, 0.6) is 0 Å². The maximum Gasteiger partial charge on any atom is 0.0376 e. The summed E-state index contributed by atoms with van der Waals surface area (Å²) in [7, 11) is 0. The Balaban J connectivity index is 2.39. The van der Waals surface area contributed by atoms with E-state index in [-0.39, 0.29) is 0 Å². The fraction of sp³-hybridized carbons (Fsp3) is 0.333. The Morgan fingerprint density at radius 1 is 1.45 bits per heavy atom. The number of nitrogens with one attached hydrogen (secondary N) is 1. The molecule has 1 nitrogen and oxygen atoms in total. The van der Waals surface area contributed by atoms with E-state index in [1.165, 1.54) is 11.3 Å². The molecule has 1 atom stereocenters. The molecule has 1 aliphatic rings. The van der Waals surface area contributed by atoms with Crippen LogP contribution >= 0.6 is 12.6 Å². The van der Waals surface area contributed by atoms with Gasteiger partial charge in [0.2, 0.25) is 0 Å². The first-order chi connectivity index (χ1) is 5.42. The SMILES string of the molecule is SCC1CNc2ccccc21. The number of rotatable bonds is 1. The topological polar surface area (TPSA) is 12.0 Å². The second-order valence-corrected chi connectivity index (χ2v) is 3.21. The molecule has 0 spiro atoms. The van der Waals surface area contributed by atoms with E-state index in [0.29, 0.717) is 5.92 Å². The molecule has 0 saturated heterocycles. The second-order valence-electron chi connectivity index (χ2n) is 2.85. The zero-order chi connectivity index (χ0) is 7.68. The highest BCUT2D eigenvalue weighted by atomic mass is 32.1. The molecule has 1 N–H and O–H groups in total. The minimum absolute atomic E-state index is 0.606. The highest BCUT2D eigenvalue weighted by Crippen LogP contribution is 2.31. The van der Waals surface area contributed by atoms with Crippen molar-refractivity contribution in [3.63, 3.8) is 0 Å². The summed E-state index contributed by atoms with van der Waals surface area (Å²) in [4.78, 5) is 0. The van der Waals surface area contributed by atoms with E-state index in [9.17, 15) is 0 Å². The fourth-order valence-corrected chi connectivity index (χ4v) is 1.85. The maximum atomic E-state index is 4.30. The van der Waals surface area contributed by atoms with Gasteiger partial charge in [0.1, 0.15) is 0 Å². The second kappa shape index (κ2) is 2.78. The lowest BCUT2D eigenvalue weighted by atomic mass is 10.0. The third-order valence-electron chi connectivity index (χ3n) is 2.16. The van der Waals surface area contributed by atoms with E-state index in [1.54, 1.807) is 0 Å². The quantitative estimate of drug-likeness (QED) is 0.607. The zero-order valence-electron chi connectivity index (χ0n) is 6.25. The van der Waals surface area contributed by atoms with Crippen LogP contribution in [0.25, 0.3) is 0 Å². The molecule has 0 bridgehead atoms. The number of thiol groups is 1. The highest BCUT2D eigenvalue weighted by Gasteiger charge is 2.19. The van der Waals surface area contributed by atoms with Crippen LogP contribution in [0.3, 0.4) is 0 Å². The Kier molecular flexibility index (Phi) is 1.78. The standard InChI is InChI=1S/C9H11NS/c11-6-7-5-10-9-4-2-1-3-8(7)9/h1-4,7,10-11H,5-6H2. The van der Waals surface area contributed by atoms with Crippen LogP contribution in [0, 0.1) is 0 Å². The van der Waals surface area contributed by atoms with Gasteiger partial charge in [-0.1, -0.05) is 18.2 Å². The minimum atomic E-state index is 0.606. The first kappa shape index (κ1) is 7.04. The van der Waals surface area contributed by atoms with Crippen LogP contribution in [0.2, 0.25) is 0 Å². The van der Waals surface area contributed by atoms with Crippen molar-refractivity contribution in [2.45, 2.75) is 5.92 Å². The third kappa shape index (κ3) is 1.11. The van der Waals surface area contributed by atoms with Crippen molar-refractivity contribution in [1.82, 2.24) is 0 Å². The molecular formula is C9H11NS. The molecule has 58 valence electrons. The van der Waals surface area contributed by atoms with Crippen LogP contribution in [0.1, 0.15) is 11.5 Å². The van der Waals surface area contributed by atoms with Crippen molar-refractivity contribution < 1.29 is 0 Å². The Morgan fingerprint density at radius 2 is 2.27 bits per heavy atom. The van der Waals surface area contributed by atoms with E-state index < -0.39 is 0 Å². The average molecular weight is 165 g/mol. The monoisotopic (exact) mass is 165 g/mol. The molecular weight excluding hydrogens is 154 g/mol. The van der Waals surface area contributed by atoms with Gasteiger partial charge in [0, 0.05) is 18.2 Å². The van der Waals surface area contributed by atoms with Gasteiger partial charge in [0.15, 0.2) is 0 Å². The largest absolute Gasteiger partial charge is 0.384 e. The summed E-state index contributed by atoms with van der Waals surface area (Å²) in [5.74, 6) is 1.54. The van der Waals surface area contributed by atoms with Gasteiger partial charge >= 0.3 is 0 Å². The van der Waals surface area contributed by atoms with Crippen molar-refractivity contribution in [3.05, 3.63) is 29.8 Å². The number of para-hydroxylation sites is 1. The normalized spacial score (nSPS) is 21.0. The lowest BCUT2D eigenvalue weighted by Gasteiger charge is -2.03. The minimum Gasteiger partial charge on any atom is -0.384 e. The van der Waals surface area contributed by atoms with Gasteiger partial charge < -0.3 is 5.32 Å². The molecule has 0 aliphatic carbocycles. The first-order valence-corrected chi connectivity index (χ1v) is 4.48. The Morgan fingerprint density at radius 3 is 3.09 bits per heavy atom. The summed E-state index contributed by atoms with van der Waals surface area (Å²) in [5.41, 5.74) is 2.70. The lowest BCUT2D eigenvalue weighted by molar-refractivity contribution is 0.870. The third-order valence-corrected chi connectivity index (χ3v) is 2.60. The van der Waals surface area contributed by atoms with Crippen LogP contribution in [-0.4, -0.2) is 12.3 Å². The summed E-state index contributed by atoms with van der Waals surface area (Å²) < 4.78 is 0. The fourth-order valence-electron chi connectivity index (χ4n) is 1.52. The van der Waals surface area contributed by atoms with Crippen molar-refractivity contribution in [2.75, 3.05) is 17.6 Å². The summed E-state index contributed by atoms with van der Waals surface area (Å²) in [6.45, 7) is 1.04. The predicted octanol–water partition coefficient (Wildman–Crippen LogP) is 2.13. The molecule has 0 saturated carbocycles. The molecule has 0 amide bonds. The average Bonchev–Trinajstić information content (AvgIpc) is 2.47. The number of benzene rings is 1. The number of hydrogen-bond donors (Lipinski definition) is 2. The van der Waals surface area contributed by atoms with Gasteiger partial charge in [0.25, 0.3) is 0 Å². The first-order valence-electron chi connectivity index (χ1n) is 3.85. The zero-order valence-corrected chi connectivity index (χ0v) is 7.14. The molecule has 1 aromatic carbocycles. The molecule has 2 heteroatoms. The van der Waals surface area contributed by atoms with Gasteiger partial charge in [-0.05, 0) is 17.4 Å². The Hall–Kier alpha value is -0.630. The molecule has 0 fully saturated rings. The van der Waals surface area contributed by atoms with Crippen molar-refractivity contribution in [3.8, 4) is 0 Å². The molecule has 11 heavy (non-hydrogen) atoms. The number of anilines is 1. The van der Waals surface area contributed by atoms with Crippen LogP contribution < -0.4 is 5.32 Å². The van der Waals surface area contributed by atoms with Crippen LogP contribution in [0.4, 0.5) is 5.69 Å². The number of hydrogen-bond acceptors (Lipinski definition) is 2. The van der Waals surface area contributed by atoms with E-state index in [2.05, 4.69) is 42.2 Å². The lowest BCUT2D eigenvalue weighted by Crippen LogP contribution is -2.02. The molecule has 1 aromatic rings. The van der Waals surface area contributed by atoms with E-state index in [0.717, 1.165) is 12.3 Å². The molecule has 0 aromatic heterocycles. The number of fused-ring (bicyclic) bond motifs is 1. The molecule has 2 rings (SSSR count). The summed E-state index contributed by atoms with van der Waals surface area (Å²) in [6, 6.07) is 8.45. The molecule has 1 aliphatic heterocycles. The smallest absolute Gasteiger partial charge is 0.0376 e. The van der Waals surface area contributed by atoms with Crippen molar-refractivity contribution >= 4 is 18.3 Å². The van der Waals surface area contributed by atoms with Crippen LogP contribution in [-0.2, 0) is 0 Å². The molecule has 0 radical (unpaired) electrons. The van der Waals surface area contributed by atoms with Crippen LogP contribution in [0.15, 0.2) is 24.3 Å². The maximum absolute atomic E-state index is 4.30. The van der Waals surface area contributed by atoms with Gasteiger partial charge in [-0.25, -0.2) is 0 Å². The van der Waals surface area contributed by atoms with Crippen molar-refractivity contribution in [2.24, 2.45) is 0 Å². The van der Waals surface area contributed by atoms with E-state index in [1.807, 2.05) is 0 Å². The predicted molar refractivity (Wildman–Crippen MR) is 51.5 cm³/mol. The van der Waals surface area contributed by atoms with Crippen molar-refractivity contribution in [1.29, 1.82) is 0 Å². The van der Waals surface area contributed by atoms with Gasteiger partial charge in [-0.15, -0.1) is 0 Å². The summed E-state index contributed by atoms with van der Waals surface area (Å²) in [5, 5.41) is 3.35. The Bertz CT molecular complexity index is 259. The molecule has 1 unspecified atom stereocenters. The molecule has 1 heterocycles. The summed E-state index contributed by atoms with van der Waals surface area (Å²) >= 11 is 4.30. The van der Waals surface area contributed by atoms with Gasteiger partial charge in [-0.2, -0.15) is 12.6 Å². The van der Waals surface area contributed by atoms with Gasteiger partial charge in [-0.3, -0.25) is 0 Å². The van der Waals surface area contributed by atoms with Gasteiger partial charge in [0.05, 0.1) is 0 Å². The highest BCUT2D eigenvalue weighted by molar-refractivity contribution is 7.80. The van der Waals surface area contributed by atoms with E-state index in [4.69, 9.17) is 0 Å². The Labute approximate surface area is 72.2 Å².